The molecule has 1 aliphatic heterocycles. The number of amides is 1. The Morgan fingerprint density at radius 3 is 2.20 bits per heavy atom. The first-order valence-electron chi connectivity index (χ1n) is 11.4. The van der Waals surface area contributed by atoms with Gasteiger partial charge in [0.15, 0.2) is 0 Å². The monoisotopic (exact) mass is 421 g/mol. The van der Waals surface area contributed by atoms with Crippen molar-refractivity contribution in [3.05, 3.63) is 29.3 Å². The first kappa shape index (κ1) is 26.4. The van der Waals surface area contributed by atoms with Gasteiger partial charge in [-0.1, -0.05) is 33.8 Å². The summed E-state index contributed by atoms with van der Waals surface area (Å²) >= 11 is 0. The summed E-state index contributed by atoms with van der Waals surface area (Å²) in [4.78, 5) is 12.4. The summed E-state index contributed by atoms with van der Waals surface area (Å²) in [5, 5.41) is 18.1. The molecule has 172 valence electrons. The van der Waals surface area contributed by atoms with Gasteiger partial charge in [-0.3, -0.25) is 0 Å². The van der Waals surface area contributed by atoms with E-state index in [9.17, 15) is 10.0 Å². The van der Waals surface area contributed by atoms with Crippen molar-refractivity contribution >= 4 is 6.09 Å². The van der Waals surface area contributed by atoms with Crippen LogP contribution in [0.25, 0.3) is 0 Å². The molecule has 0 spiro atoms. The topological polar surface area (TPSA) is 73.8 Å². The number of nitrogens with one attached hydrogen (secondary N) is 2. The Labute approximate surface area is 183 Å². The van der Waals surface area contributed by atoms with E-state index in [1.165, 1.54) is 16.2 Å². The van der Waals surface area contributed by atoms with Crippen LogP contribution in [0.15, 0.2) is 18.2 Å². The van der Waals surface area contributed by atoms with E-state index in [-0.39, 0.29) is 6.04 Å². The van der Waals surface area contributed by atoms with E-state index in [1.807, 2.05) is 80.6 Å². The zero-order chi connectivity index (χ0) is 23.1. The molecule has 1 aromatic rings. The molecule has 0 bridgehead atoms. The number of rotatable bonds is 3. The van der Waals surface area contributed by atoms with Gasteiger partial charge in [-0.15, -0.1) is 0 Å². The molecule has 3 rings (SSSR count). The highest BCUT2D eigenvalue weighted by atomic mass is 16.6. The van der Waals surface area contributed by atoms with Crippen LogP contribution in [0.2, 0.25) is 0 Å². The lowest BCUT2D eigenvalue weighted by Crippen LogP contribution is -2.63. The summed E-state index contributed by atoms with van der Waals surface area (Å²) in [5.41, 5.74) is 1.71. The molecule has 30 heavy (non-hydrogen) atoms. The molecule has 1 aromatic carbocycles. The van der Waals surface area contributed by atoms with Crippen molar-refractivity contribution in [2.45, 2.75) is 104 Å². The number of piperidine rings is 1. The normalized spacial score (nSPS) is 22.0. The predicted octanol–water partition coefficient (Wildman–Crippen LogP) is 5.44. The van der Waals surface area contributed by atoms with Crippen molar-refractivity contribution < 1.29 is 14.7 Å². The Morgan fingerprint density at radius 1 is 1.10 bits per heavy atom. The van der Waals surface area contributed by atoms with Crippen molar-refractivity contribution in [2.75, 3.05) is 7.05 Å². The summed E-state index contributed by atoms with van der Waals surface area (Å²) in [6.07, 6.45) is 3.01. The number of ether oxygens (including phenoxy) is 1. The first-order chi connectivity index (χ1) is 14.1. The third kappa shape index (κ3) is 6.19. The van der Waals surface area contributed by atoms with Gasteiger partial charge in [0.2, 0.25) is 0 Å². The van der Waals surface area contributed by atoms with E-state index in [4.69, 9.17) is 4.74 Å². The van der Waals surface area contributed by atoms with Crippen LogP contribution >= 0.6 is 0 Å². The summed E-state index contributed by atoms with van der Waals surface area (Å²) in [6, 6.07) is 6.15. The lowest BCUT2D eigenvalue weighted by atomic mass is 9.79. The second-order valence-electron chi connectivity index (χ2n) is 8.82. The maximum Gasteiger partial charge on any atom is 0.412 e. The minimum Gasteiger partial charge on any atom is -0.410 e. The third-order valence-electron chi connectivity index (χ3n) is 5.71. The Balaban J connectivity index is 0.00000106. The summed E-state index contributed by atoms with van der Waals surface area (Å²) in [7, 11) is 1.96. The van der Waals surface area contributed by atoms with Crippen molar-refractivity contribution in [3.63, 3.8) is 0 Å². The van der Waals surface area contributed by atoms with E-state index < -0.39 is 17.2 Å². The van der Waals surface area contributed by atoms with Crippen LogP contribution in [-0.4, -0.2) is 40.5 Å². The lowest BCUT2D eigenvalue weighted by Gasteiger charge is -2.51. The quantitative estimate of drug-likeness (QED) is 0.605. The molecule has 1 saturated heterocycles. The Hall–Kier alpha value is -1.63. The summed E-state index contributed by atoms with van der Waals surface area (Å²) < 4.78 is 5.54. The second-order valence-corrected chi connectivity index (χ2v) is 8.82. The van der Waals surface area contributed by atoms with Crippen molar-refractivity contribution in [1.29, 1.82) is 0 Å². The molecule has 1 atom stereocenters. The fourth-order valence-corrected chi connectivity index (χ4v) is 4.62. The molecule has 3 N–H and O–H groups in total. The standard InChI is InChI=1S/C20H31N3O3.2C2H6/c1-19(2)11-14(12-20(3,4)23(19)25)22-18(24)26-15-8-6-13-7-9-17(21-5)16(13)10-15;2*1-2/h6,8,10,14,17,21,25H,7,9,11-12H2,1-5H3,(H,22,24);2*1-2H3. The van der Waals surface area contributed by atoms with Crippen LogP contribution in [0.3, 0.4) is 0 Å². The fraction of sp³-hybridized carbons (Fsp3) is 0.708. The van der Waals surface area contributed by atoms with Gasteiger partial charge in [-0.25, -0.2) is 4.79 Å². The number of hydroxylamine groups is 2. The number of fused-ring (bicyclic) bond motifs is 1. The van der Waals surface area contributed by atoms with Crippen molar-refractivity contribution in [1.82, 2.24) is 15.7 Å². The Morgan fingerprint density at radius 2 is 1.67 bits per heavy atom. The Kier molecular flexibility index (Phi) is 9.79. The van der Waals surface area contributed by atoms with E-state index in [1.54, 1.807) is 0 Å². The Bertz CT molecular complexity index is 670. The zero-order valence-electron chi connectivity index (χ0n) is 20.4. The van der Waals surface area contributed by atoms with E-state index in [0.29, 0.717) is 24.6 Å². The fourth-order valence-electron chi connectivity index (χ4n) is 4.62. The molecule has 2 aliphatic rings. The minimum atomic E-state index is -0.438. The van der Waals surface area contributed by atoms with Gasteiger partial charge >= 0.3 is 6.09 Å². The van der Waals surface area contributed by atoms with Crippen LogP contribution in [0.4, 0.5) is 4.79 Å². The highest BCUT2D eigenvalue weighted by Crippen LogP contribution is 2.37. The third-order valence-corrected chi connectivity index (χ3v) is 5.71. The highest BCUT2D eigenvalue weighted by Gasteiger charge is 2.45. The molecule has 1 fully saturated rings. The number of aryl methyl sites for hydroxylation is 1. The number of carbonyl (C=O) groups is 1. The van der Waals surface area contributed by atoms with Gasteiger partial charge in [-0.05, 0) is 83.7 Å². The van der Waals surface area contributed by atoms with Gasteiger partial charge in [0.05, 0.1) is 0 Å². The zero-order valence-corrected chi connectivity index (χ0v) is 20.4. The smallest absolute Gasteiger partial charge is 0.410 e. The van der Waals surface area contributed by atoms with Crippen LogP contribution < -0.4 is 15.4 Å². The number of hydrogen-bond acceptors (Lipinski definition) is 5. The molecule has 1 unspecified atom stereocenters. The van der Waals surface area contributed by atoms with Gasteiger partial charge in [0.25, 0.3) is 0 Å². The first-order valence-corrected chi connectivity index (χ1v) is 11.4. The van der Waals surface area contributed by atoms with Gasteiger partial charge in [-0.2, -0.15) is 5.06 Å². The average molecular weight is 422 g/mol. The van der Waals surface area contributed by atoms with Gasteiger partial charge in [0.1, 0.15) is 5.75 Å². The maximum atomic E-state index is 12.4. The van der Waals surface area contributed by atoms with Crippen LogP contribution in [0.5, 0.6) is 5.75 Å². The molecule has 0 saturated carbocycles. The van der Waals surface area contributed by atoms with Crippen LogP contribution in [-0.2, 0) is 6.42 Å². The second kappa shape index (κ2) is 11.1. The van der Waals surface area contributed by atoms with Crippen LogP contribution in [0, 0.1) is 0 Å². The summed E-state index contributed by atoms with van der Waals surface area (Å²) in [5.74, 6) is 0.571. The molecule has 1 heterocycles. The number of hydrogen-bond donors (Lipinski definition) is 3. The van der Waals surface area contributed by atoms with Crippen LogP contribution in [0.1, 0.15) is 91.8 Å². The maximum absolute atomic E-state index is 12.4. The molecular weight excluding hydrogens is 378 g/mol. The number of benzene rings is 1. The van der Waals surface area contributed by atoms with Gasteiger partial charge < -0.3 is 20.6 Å². The molecule has 1 aliphatic carbocycles. The van der Waals surface area contributed by atoms with E-state index in [2.05, 4.69) is 10.6 Å². The number of nitrogens with zero attached hydrogens (tertiary/aromatic N) is 1. The largest absolute Gasteiger partial charge is 0.412 e. The minimum absolute atomic E-state index is 0.0459. The lowest BCUT2D eigenvalue weighted by molar-refractivity contribution is -0.245. The van der Waals surface area contributed by atoms with E-state index in [0.717, 1.165) is 12.8 Å². The molecule has 6 heteroatoms. The molecular formula is C24H43N3O3. The molecule has 6 nitrogen and oxygen atoms in total. The highest BCUT2D eigenvalue weighted by molar-refractivity contribution is 5.71. The number of carbonyl (C=O) groups excluding carboxylic acids is 1. The average Bonchev–Trinajstić information content (AvgIpc) is 3.11. The predicted molar refractivity (Wildman–Crippen MR) is 123 cm³/mol. The van der Waals surface area contributed by atoms with Crippen molar-refractivity contribution in [2.24, 2.45) is 0 Å². The SMILES string of the molecule is CC.CC.CNC1CCc2ccc(OC(=O)NC3CC(C)(C)N(O)C(C)(C)C3)cc21. The summed E-state index contributed by atoms with van der Waals surface area (Å²) in [6.45, 7) is 15.9. The van der Waals surface area contributed by atoms with Gasteiger partial charge in [0, 0.05) is 23.2 Å². The van der Waals surface area contributed by atoms with E-state index >= 15 is 0 Å². The molecule has 0 aromatic heterocycles. The molecule has 1 amide bonds. The van der Waals surface area contributed by atoms with Crippen molar-refractivity contribution in [3.8, 4) is 5.75 Å². The molecule has 0 radical (unpaired) electrons.